The van der Waals surface area contributed by atoms with Gasteiger partial charge in [0.05, 0.1) is 84.5 Å². The topological polar surface area (TPSA) is 282 Å². The van der Waals surface area contributed by atoms with E-state index >= 15 is 0 Å². The third-order valence-corrected chi connectivity index (χ3v) is 10.7. The fraction of sp³-hybridized carbons (Fsp3) is 0.730. The van der Waals surface area contributed by atoms with Crippen LogP contribution in [0.1, 0.15) is 73.1 Å². The number of thiocarbonyl (C=S) groups is 2. The van der Waals surface area contributed by atoms with Gasteiger partial charge in [0.2, 0.25) is 5.44 Å². The molecule has 0 aromatic carbocycles. The van der Waals surface area contributed by atoms with Crippen LogP contribution < -0.4 is 0 Å². The summed E-state index contributed by atoms with van der Waals surface area (Å²) < 4.78 is 36.5. The van der Waals surface area contributed by atoms with Crippen LogP contribution in [0.5, 0.6) is 0 Å². The molecule has 0 spiro atoms. The number of Topliss-reactive ketones (excluding diaryl/α,β-unsaturated/α-hetero) is 3. The van der Waals surface area contributed by atoms with Crippen LogP contribution in [0, 0.1) is 0 Å². The van der Waals surface area contributed by atoms with Crippen LogP contribution >= 0.6 is 71.5 Å². The number of carboxylic acid groups (broad SMARTS) is 2. The summed E-state index contributed by atoms with van der Waals surface area (Å²) in [6, 6.07) is 0. The van der Waals surface area contributed by atoms with Crippen LogP contribution in [0.2, 0.25) is 0 Å². The van der Waals surface area contributed by atoms with Gasteiger partial charge in [-0.2, -0.15) is 0 Å². The summed E-state index contributed by atoms with van der Waals surface area (Å²) in [5.41, 5.74) is -1.43. The average Bonchev–Trinajstić information content (AvgIpc) is 3.20. The van der Waals surface area contributed by atoms with Crippen molar-refractivity contribution < 1.29 is 91.9 Å². The lowest BCUT2D eigenvalue weighted by atomic mass is 10.2. The van der Waals surface area contributed by atoms with Gasteiger partial charge in [-0.05, 0) is 32.3 Å². The van der Waals surface area contributed by atoms with E-state index in [9.17, 15) is 38.4 Å². The van der Waals surface area contributed by atoms with E-state index in [1.165, 1.54) is 56.1 Å². The van der Waals surface area contributed by atoms with Crippen molar-refractivity contribution >= 4 is 126 Å². The Balaban J connectivity index is -0.000000399. The van der Waals surface area contributed by atoms with Crippen molar-refractivity contribution in [3.63, 3.8) is 0 Å². The summed E-state index contributed by atoms with van der Waals surface area (Å²) in [6.45, 7) is 11.3. The van der Waals surface area contributed by atoms with Crippen molar-refractivity contribution in [3.05, 3.63) is 0 Å². The third-order valence-electron chi connectivity index (χ3n) is 5.76. The number of ketones is 3. The lowest BCUT2D eigenvalue weighted by Gasteiger charge is -2.07. The number of ether oxygens (including phenoxy) is 7. The highest BCUT2D eigenvalue weighted by atomic mass is 32.2. The number of aliphatic hydroxyl groups is 2. The number of carbonyl (C=O) groups is 8. The van der Waals surface area contributed by atoms with E-state index < -0.39 is 23.3 Å². The number of thioether (sulfide) groups is 4. The smallest absolute Gasteiger partial charge is 0.343 e. The second kappa shape index (κ2) is 49.7. The highest BCUT2D eigenvalue weighted by Gasteiger charge is 2.15. The van der Waals surface area contributed by atoms with E-state index in [1.54, 1.807) is 0 Å². The maximum Gasteiger partial charge on any atom is 0.343 e. The Labute approximate surface area is 390 Å². The van der Waals surface area contributed by atoms with E-state index in [2.05, 4.69) is 0 Å². The van der Waals surface area contributed by atoms with Crippen LogP contribution in [-0.2, 0) is 71.5 Å². The fourth-order valence-electron chi connectivity index (χ4n) is 2.95. The van der Waals surface area contributed by atoms with Gasteiger partial charge in [-0.3, -0.25) is 19.2 Å². The van der Waals surface area contributed by atoms with E-state index in [0.29, 0.717) is 43.2 Å². The summed E-state index contributed by atoms with van der Waals surface area (Å²) in [4.78, 5) is 84.9. The summed E-state index contributed by atoms with van der Waals surface area (Å²) >= 11 is 14.8. The van der Waals surface area contributed by atoms with Gasteiger partial charge in [-0.15, -0.1) is 23.5 Å². The quantitative estimate of drug-likeness (QED) is 0.0245. The molecule has 0 saturated heterocycles. The maximum absolute atomic E-state index is 11.4. The lowest BCUT2D eigenvalue weighted by Crippen LogP contribution is -2.16. The first-order valence-corrected chi connectivity index (χ1v) is 23.6. The molecule has 0 aliphatic rings. The van der Waals surface area contributed by atoms with E-state index in [-0.39, 0.29) is 113 Å². The molecule has 0 amide bonds. The number of carboxylic acids is 2. The molecule has 19 nitrogen and oxygen atoms in total. The Morgan fingerprint density at radius 3 is 1.19 bits per heavy atom. The molecule has 1 unspecified atom stereocenters. The molecule has 0 rings (SSSR count). The molecule has 0 radical (unpaired) electrons. The van der Waals surface area contributed by atoms with Crippen molar-refractivity contribution in [2.75, 3.05) is 96.5 Å². The van der Waals surface area contributed by atoms with Crippen LogP contribution in [0.15, 0.2) is 0 Å². The Morgan fingerprint density at radius 2 is 0.855 bits per heavy atom. The molecule has 25 heteroatoms. The minimum absolute atomic E-state index is 0.00619. The first-order chi connectivity index (χ1) is 29.3. The van der Waals surface area contributed by atoms with Gasteiger partial charge in [-0.25, -0.2) is 4.79 Å². The summed E-state index contributed by atoms with van der Waals surface area (Å²) in [7, 11) is 0. The molecular formula is C37H62O19S6. The highest BCUT2D eigenvalue weighted by Crippen LogP contribution is 2.20. The molecule has 0 heterocycles. The lowest BCUT2D eigenvalue weighted by molar-refractivity contribution is -0.147. The predicted molar refractivity (Wildman–Crippen MR) is 246 cm³/mol. The van der Waals surface area contributed by atoms with Crippen molar-refractivity contribution in [1.82, 2.24) is 0 Å². The predicted octanol–water partition coefficient (Wildman–Crippen LogP) is 3.77. The molecule has 0 aromatic heterocycles. The Kier molecular flexibility index (Phi) is 53.2. The van der Waals surface area contributed by atoms with Crippen LogP contribution in [-0.4, -0.2) is 177 Å². The van der Waals surface area contributed by atoms with Gasteiger partial charge in [0.15, 0.2) is 0 Å². The molecule has 0 aliphatic carbocycles. The molecular weight excluding hydrogens is 941 g/mol. The van der Waals surface area contributed by atoms with Crippen molar-refractivity contribution in [2.45, 2.75) is 78.6 Å². The van der Waals surface area contributed by atoms with Crippen molar-refractivity contribution in [3.8, 4) is 0 Å². The van der Waals surface area contributed by atoms with E-state index in [4.69, 9.17) is 78.0 Å². The number of aliphatic hydroxyl groups excluding tert-OH is 2. The average molecular weight is 1000 g/mol. The number of hydrogen-bond donors (Lipinski definition) is 4. The standard InChI is InChI=1S/C16H26O7S3.C11H20O6.C5H8O3S3.C5H8O3/c1-3-25-16(24)26-12-15(19)23-11-9-21-7-6-20-8-10-22-14(18)5-4-13(2)17;1-10(13)2-3-11(14)17-9-8-16-7-6-15-5-4-12;1-2-10-5(9)11-4(8)3(6)7;1-4(6)2-3-5(7)8/h3-12H2,1-2H3;12H,2-9H2,1H3;4,8H,2H2,1H3,(H,6,7);2-3H2,1H3,(H,7,8). The van der Waals surface area contributed by atoms with Gasteiger partial charge in [-0.1, -0.05) is 61.8 Å². The van der Waals surface area contributed by atoms with Crippen molar-refractivity contribution in [2.24, 2.45) is 0 Å². The highest BCUT2D eigenvalue weighted by molar-refractivity contribution is 8.47. The van der Waals surface area contributed by atoms with E-state index in [1.807, 2.05) is 13.8 Å². The molecule has 0 aliphatic heterocycles. The number of rotatable bonds is 32. The molecule has 4 N–H and O–H groups in total. The molecule has 0 saturated carbocycles. The number of carbonyl (C=O) groups excluding carboxylic acids is 6. The van der Waals surface area contributed by atoms with E-state index in [0.717, 1.165) is 26.8 Å². The van der Waals surface area contributed by atoms with Crippen LogP contribution in [0.3, 0.4) is 0 Å². The molecule has 360 valence electrons. The van der Waals surface area contributed by atoms with Crippen molar-refractivity contribution in [1.29, 1.82) is 0 Å². The van der Waals surface area contributed by atoms with Crippen LogP contribution in [0.25, 0.3) is 0 Å². The monoisotopic (exact) mass is 1000 g/mol. The molecule has 0 bridgehead atoms. The van der Waals surface area contributed by atoms with Gasteiger partial charge in [0.25, 0.3) is 0 Å². The summed E-state index contributed by atoms with van der Waals surface area (Å²) in [6.07, 6.45) is 0.731. The molecule has 0 aromatic rings. The SMILES string of the molecule is CC(=O)CCC(=O)O.CC(=O)CCC(=O)OCCOCCOCCO.CCSC(=S)SC(O)C(=O)O.CCSC(=S)SCC(=O)OCCOCCOCCOC(=O)CCC(C)=O. The largest absolute Gasteiger partial charge is 0.481 e. The number of hydrogen-bond acceptors (Lipinski definition) is 23. The Morgan fingerprint density at radius 1 is 0.500 bits per heavy atom. The number of aliphatic carboxylic acids is 2. The minimum Gasteiger partial charge on any atom is -0.481 e. The summed E-state index contributed by atoms with van der Waals surface area (Å²) in [5, 5.41) is 33.5. The first kappa shape index (κ1) is 66.3. The zero-order valence-electron chi connectivity index (χ0n) is 35.8. The zero-order valence-corrected chi connectivity index (χ0v) is 40.7. The van der Waals surface area contributed by atoms with Gasteiger partial charge in [0.1, 0.15) is 44.2 Å². The second-order valence-electron chi connectivity index (χ2n) is 11.3. The first-order valence-electron chi connectivity index (χ1n) is 18.9. The van der Waals surface area contributed by atoms with Gasteiger partial charge >= 0.3 is 29.8 Å². The third kappa shape index (κ3) is 62.0. The Hall–Kier alpha value is -2.30. The molecule has 1 atom stereocenters. The molecule has 62 heavy (non-hydrogen) atoms. The second-order valence-corrected chi connectivity index (χ2v) is 18.3. The van der Waals surface area contributed by atoms with Gasteiger partial charge in [0, 0.05) is 19.3 Å². The van der Waals surface area contributed by atoms with Gasteiger partial charge < -0.3 is 68.0 Å². The van der Waals surface area contributed by atoms with Crippen LogP contribution in [0.4, 0.5) is 0 Å². The minimum atomic E-state index is -1.43. The fourth-order valence-corrected chi connectivity index (χ4v) is 6.94. The normalized spacial score (nSPS) is 10.5. The molecule has 0 fully saturated rings. The summed E-state index contributed by atoms with van der Waals surface area (Å²) in [5.74, 6) is -1.55. The number of esters is 3. The maximum atomic E-state index is 11.4. The Bertz CT molecular complexity index is 1270. The zero-order chi connectivity index (χ0) is 48.0.